The maximum Gasteiger partial charge on any atom is 1.00 e. The minimum Gasteiger partial charge on any atom is -1.00 e. The molecule has 23 heavy (non-hydrogen) atoms. The van der Waals surface area contributed by atoms with Gasteiger partial charge in [0.1, 0.15) is 18.5 Å². The third-order valence-electron chi connectivity index (χ3n) is 3.27. The Balaban J connectivity index is 0.00000264. The van der Waals surface area contributed by atoms with Crippen molar-refractivity contribution in [3.05, 3.63) is 54.6 Å². The Kier molecular flexibility index (Phi) is 7.56. The maximum absolute atomic E-state index is 10.0. The van der Waals surface area contributed by atoms with Crippen LogP contribution in [0.5, 0.6) is 5.75 Å². The monoisotopic (exact) mass is 335 g/mol. The van der Waals surface area contributed by atoms with Gasteiger partial charge in [0.05, 0.1) is 0 Å². The number of nitrogens with one attached hydrogen (secondary N) is 1. The van der Waals surface area contributed by atoms with E-state index >= 15 is 0 Å². The molecule has 4 heteroatoms. The van der Waals surface area contributed by atoms with Gasteiger partial charge >= 0.3 is 1.43 Å². The van der Waals surface area contributed by atoms with Crippen molar-refractivity contribution in [2.45, 2.75) is 32.4 Å². The highest BCUT2D eigenvalue weighted by atomic mass is 35.5. The smallest absolute Gasteiger partial charge is 1.00 e. The molecule has 2 aromatic rings. The summed E-state index contributed by atoms with van der Waals surface area (Å²) in [5.74, 6) is 0.795. The Morgan fingerprint density at radius 2 is 1.65 bits per heavy atom. The fourth-order valence-corrected chi connectivity index (χ4v) is 2.12. The summed E-state index contributed by atoms with van der Waals surface area (Å²) in [7, 11) is 0. The van der Waals surface area contributed by atoms with Crippen molar-refractivity contribution in [2.24, 2.45) is 0 Å². The number of para-hydroxylation sites is 1. The van der Waals surface area contributed by atoms with Gasteiger partial charge in [0.25, 0.3) is 0 Å². The molecular formula is C19H26ClNO2. The lowest BCUT2D eigenvalue weighted by atomic mass is 10.1. The topological polar surface area (TPSA) is 41.5 Å². The van der Waals surface area contributed by atoms with Crippen LogP contribution in [0.4, 0.5) is 0 Å². The molecule has 126 valence electrons. The van der Waals surface area contributed by atoms with Gasteiger partial charge in [-0.25, -0.2) is 0 Å². The zero-order valence-corrected chi connectivity index (χ0v) is 14.7. The van der Waals surface area contributed by atoms with E-state index in [2.05, 4.69) is 38.2 Å². The number of halogens is 1. The van der Waals surface area contributed by atoms with Crippen molar-refractivity contribution in [1.29, 1.82) is 0 Å². The molecule has 0 saturated heterocycles. The molecule has 0 bridgehead atoms. The molecule has 1 atom stereocenters. The second kappa shape index (κ2) is 8.92. The SMILES string of the molecule is CC(C)(C)NCC(O)COc1ccccc1-c1ccccc1.[Cl-].[H+]. The molecule has 0 fully saturated rings. The summed E-state index contributed by atoms with van der Waals surface area (Å²) < 4.78 is 5.83. The Bertz CT molecular complexity index is 587. The van der Waals surface area contributed by atoms with Crippen LogP contribution in [0.15, 0.2) is 54.6 Å². The normalized spacial score (nSPS) is 12.3. The molecule has 0 amide bonds. The van der Waals surface area contributed by atoms with E-state index in [1.807, 2.05) is 42.5 Å². The average molecular weight is 336 g/mol. The van der Waals surface area contributed by atoms with E-state index in [0.717, 1.165) is 16.9 Å². The molecule has 2 aromatic carbocycles. The van der Waals surface area contributed by atoms with Gasteiger partial charge in [0, 0.05) is 17.6 Å². The molecule has 0 aromatic heterocycles. The van der Waals surface area contributed by atoms with E-state index in [0.29, 0.717) is 6.54 Å². The standard InChI is InChI=1S/C19H25NO2.ClH/c1-19(2,3)20-13-16(21)14-22-18-12-8-7-11-17(18)15-9-5-4-6-10-15;/h4-12,16,20-21H,13-14H2,1-3H3;1H. The third-order valence-corrected chi connectivity index (χ3v) is 3.27. The summed E-state index contributed by atoms with van der Waals surface area (Å²) in [5, 5.41) is 13.3. The highest BCUT2D eigenvalue weighted by molar-refractivity contribution is 5.70. The van der Waals surface area contributed by atoms with Crippen LogP contribution >= 0.6 is 0 Å². The number of rotatable bonds is 6. The molecule has 3 nitrogen and oxygen atoms in total. The Morgan fingerprint density at radius 1 is 1.04 bits per heavy atom. The van der Waals surface area contributed by atoms with E-state index < -0.39 is 6.10 Å². The molecule has 0 saturated carbocycles. The number of β-amino-alcohol motifs (C(OH)–C–C–N with tert-alkyl or cyclic N) is 1. The highest BCUT2D eigenvalue weighted by Gasteiger charge is 2.13. The first-order valence-corrected chi connectivity index (χ1v) is 7.66. The largest absolute Gasteiger partial charge is 1.00 e. The minimum atomic E-state index is -0.539. The Hall–Kier alpha value is -1.55. The number of aliphatic hydroxyl groups is 1. The molecule has 0 heterocycles. The lowest BCUT2D eigenvalue weighted by Gasteiger charge is -2.23. The van der Waals surface area contributed by atoms with Crippen LogP contribution in [0.2, 0.25) is 0 Å². The van der Waals surface area contributed by atoms with E-state index in [4.69, 9.17) is 4.74 Å². The number of hydrogen-bond donors (Lipinski definition) is 2. The number of hydrogen-bond acceptors (Lipinski definition) is 3. The van der Waals surface area contributed by atoms with Gasteiger partial charge in [-0.1, -0.05) is 48.5 Å². The molecule has 0 radical (unpaired) electrons. The highest BCUT2D eigenvalue weighted by Crippen LogP contribution is 2.29. The maximum atomic E-state index is 10.0. The lowest BCUT2D eigenvalue weighted by molar-refractivity contribution is -0.00000668. The van der Waals surface area contributed by atoms with Crippen molar-refractivity contribution >= 4 is 0 Å². The van der Waals surface area contributed by atoms with Crippen LogP contribution in [0.1, 0.15) is 22.2 Å². The Labute approximate surface area is 146 Å². The van der Waals surface area contributed by atoms with Gasteiger partial charge < -0.3 is 27.6 Å². The molecule has 2 N–H and O–H groups in total. The quantitative estimate of drug-likeness (QED) is 0.812. The molecule has 0 spiro atoms. The predicted molar refractivity (Wildman–Crippen MR) is 92.2 cm³/mol. The summed E-state index contributed by atoms with van der Waals surface area (Å²) in [6.07, 6.45) is -0.539. The third kappa shape index (κ3) is 6.61. The number of benzene rings is 2. The second-order valence-electron chi connectivity index (χ2n) is 6.46. The van der Waals surface area contributed by atoms with Crippen molar-refractivity contribution in [2.75, 3.05) is 13.2 Å². The average Bonchev–Trinajstić information content (AvgIpc) is 2.51. The van der Waals surface area contributed by atoms with E-state index in [9.17, 15) is 5.11 Å². The zero-order chi connectivity index (χ0) is 16.0. The van der Waals surface area contributed by atoms with Crippen molar-refractivity contribution in [3.8, 4) is 16.9 Å². The predicted octanol–water partition coefficient (Wildman–Crippen LogP) is 0.598. The fourth-order valence-electron chi connectivity index (χ4n) is 2.12. The van der Waals surface area contributed by atoms with Gasteiger partial charge in [-0.15, -0.1) is 0 Å². The van der Waals surface area contributed by atoms with Crippen molar-refractivity contribution in [3.63, 3.8) is 0 Å². The first-order chi connectivity index (χ1) is 10.5. The summed E-state index contributed by atoms with van der Waals surface area (Å²) >= 11 is 0. The summed E-state index contributed by atoms with van der Waals surface area (Å²) in [5.41, 5.74) is 2.14. The van der Waals surface area contributed by atoms with Gasteiger partial charge in [-0.3, -0.25) is 0 Å². The molecular weight excluding hydrogens is 310 g/mol. The van der Waals surface area contributed by atoms with Crippen molar-refractivity contribution in [1.82, 2.24) is 5.32 Å². The van der Waals surface area contributed by atoms with Crippen LogP contribution in [-0.4, -0.2) is 29.9 Å². The number of aliphatic hydroxyl groups excluding tert-OH is 1. The van der Waals surface area contributed by atoms with E-state index in [-0.39, 0.29) is 26.0 Å². The molecule has 0 aliphatic rings. The van der Waals surface area contributed by atoms with E-state index in [1.54, 1.807) is 0 Å². The van der Waals surface area contributed by atoms with Crippen LogP contribution in [0.3, 0.4) is 0 Å². The fraction of sp³-hybridized carbons (Fsp3) is 0.368. The molecule has 0 aliphatic heterocycles. The summed E-state index contributed by atoms with van der Waals surface area (Å²) in [6, 6.07) is 18.0. The van der Waals surface area contributed by atoms with Crippen molar-refractivity contribution < 1.29 is 23.7 Å². The van der Waals surface area contributed by atoms with E-state index in [1.165, 1.54) is 0 Å². The van der Waals surface area contributed by atoms with Gasteiger partial charge in [-0.2, -0.15) is 0 Å². The first-order valence-electron chi connectivity index (χ1n) is 7.66. The van der Waals surface area contributed by atoms with Crippen LogP contribution in [0.25, 0.3) is 11.1 Å². The first kappa shape index (κ1) is 19.5. The molecule has 0 aliphatic carbocycles. The van der Waals surface area contributed by atoms with Crippen LogP contribution < -0.4 is 22.5 Å². The summed E-state index contributed by atoms with van der Waals surface area (Å²) in [6.45, 7) is 7.01. The number of ether oxygens (including phenoxy) is 1. The summed E-state index contributed by atoms with van der Waals surface area (Å²) in [4.78, 5) is 0. The van der Waals surface area contributed by atoms with Crippen LogP contribution in [0, 0.1) is 0 Å². The van der Waals surface area contributed by atoms with Crippen LogP contribution in [-0.2, 0) is 0 Å². The Morgan fingerprint density at radius 3 is 2.30 bits per heavy atom. The molecule has 2 rings (SSSR count). The molecule has 1 unspecified atom stereocenters. The van der Waals surface area contributed by atoms with Gasteiger partial charge in [0.15, 0.2) is 0 Å². The minimum absolute atomic E-state index is 0. The zero-order valence-electron chi connectivity index (χ0n) is 14.9. The second-order valence-corrected chi connectivity index (χ2v) is 6.46. The van der Waals surface area contributed by atoms with Gasteiger partial charge in [0.2, 0.25) is 0 Å². The van der Waals surface area contributed by atoms with Gasteiger partial charge in [-0.05, 0) is 32.4 Å². The lowest BCUT2D eigenvalue weighted by Crippen LogP contribution is -3.00.